The molecule has 80 valence electrons. The molecule has 1 amide bonds. The Labute approximate surface area is 87.9 Å². The number of hydrogen-bond donors (Lipinski definition) is 2. The molecule has 2 N–H and O–H groups in total. The van der Waals surface area contributed by atoms with Gasteiger partial charge in [-0.15, -0.1) is 0 Å². The van der Waals surface area contributed by atoms with Crippen LogP contribution in [0.4, 0.5) is 5.69 Å². The first-order chi connectivity index (χ1) is 6.97. The average Bonchev–Trinajstić information content (AvgIpc) is 2.18. The Kier molecular flexibility index (Phi) is 3.09. The maximum absolute atomic E-state index is 10.9. The molecule has 1 aromatic carbocycles. The molecule has 0 spiro atoms. The molecule has 4 nitrogen and oxygen atoms in total. The lowest BCUT2D eigenvalue weighted by molar-refractivity contribution is -0.114. The Bertz CT molecular complexity index is 424. The average molecular weight is 207 g/mol. The zero-order valence-corrected chi connectivity index (χ0v) is 8.92. The second kappa shape index (κ2) is 4.13. The van der Waals surface area contributed by atoms with Gasteiger partial charge in [-0.3, -0.25) is 9.59 Å². The van der Waals surface area contributed by atoms with E-state index in [1.807, 2.05) is 6.92 Å². The van der Waals surface area contributed by atoms with Crippen molar-refractivity contribution in [3.63, 3.8) is 0 Å². The summed E-state index contributed by atoms with van der Waals surface area (Å²) in [4.78, 5) is 21.6. The zero-order valence-electron chi connectivity index (χ0n) is 8.92. The number of carbonyl (C=O) groups is 2. The summed E-state index contributed by atoms with van der Waals surface area (Å²) in [7, 11) is 0. The quantitative estimate of drug-likeness (QED) is 0.573. The summed E-state index contributed by atoms with van der Waals surface area (Å²) in [5, 5.41) is 12.2. The summed E-state index contributed by atoms with van der Waals surface area (Å²) < 4.78 is 0. The van der Waals surface area contributed by atoms with Crippen LogP contribution in [0.1, 0.15) is 28.4 Å². The molecule has 0 aliphatic rings. The number of phenols is 1. The van der Waals surface area contributed by atoms with Gasteiger partial charge in [-0.05, 0) is 31.0 Å². The first kappa shape index (κ1) is 11.2. The Morgan fingerprint density at radius 1 is 1.47 bits per heavy atom. The molecule has 4 heteroatoms. The number of benzene rings is 1. The zero-order chi connectivity index (χ0) is 11.6. The Morgan fingerprint density at radius 2 is 2.07 bits per heavy atom. The predicted molar refractivity (Wildman–Crippen MR) is 57.3 cm³/mol. The van der Waals surface area contributed by atoms with Crippen LogP contribution in [0, 0.1) is 13.8 Å². The molecule has 0 fully saturated rings. The molecule has 0 radical (unpaired) electrons. The van der Waals surface area contributed by atoms with Gasteiger partial charge in [-0.2, -0.15) is 0 Å². The van der Waals surface area contributed by atoms with E-state index in [9.17, 15) is 14.7 Å². The van der Waals surface area contributed by atoms with Crippen molar-refractivity contribution in [2.24, 2.45) is 0 Å². The second-order valence-electron chi connectivity index (χ2n) is 3.43. The summed E-state index contributed by atoms with van der Waals surface area (Å²) in [5.41, 5.74) is 2.10. The van der Waals surface area contributed by atoms with Crippen molar-refractivity contribution < 1.29 is 14.7 Å². The van der Waals surface area contributed by atoms with Crippen LogP contribution >= 0.6 is 0 Å². The van der Waals surface area contributed by atoms with Crippen LogP contribution in [0.3, 0.4) is 0 Å². The van der Waals surface area contributed by atoms with E-state index in [2.05, 4.69) is 5.32 Å². The van der Waals surface area contributed by atoms with Gasteiger partial charge < -0.3 is 10.4 Å². The van der Waals surface area contributed by atoms with Crippen LogP contribution in [0.15, 0.2) is 6.07 Å². The largest absolute Gasteiger partial charge is 0.505 e. The van der Waals surface area contributed by atoms with Gasteiger partial charge in [-0.1, -0.05) is 0 Å². The van der Waals surface area contributed by atoms with E-state index < -0.39 is 0 Å². The normalized spacial score (nSPS) is 9.80. The van der Waals surface area contributed by atoms with Crippen molar-refractivity contribution in [1.82, 2.24) is 0 Å². The maximum Gasteiger partial charge on any atom is 0.221 e. The third kappa shape index (κ3) is 2.15. The van der Waals surface area contributed by atoms with Crippen LogP contribution in [-0.2, 0) is 4.79 Å². The second-order valence-corrected chi connectivity index (χ2v) is 3.43. The van der Waals surface area contributed by atoms with Crippen molar-refractivity contribution in [2.75, 3.05) is 5.32 Å². The van der Waals surface area contributed by atoms with Crippen LogP contribution in [-0.4, -0.2) is 17.3 Å². The molecule has 1 aromatic rings. The minimum Gasteiger partial charge on any atom is -0.505 e. The molecule has 0 aliphatic heterocycles. The molecule has 0 aromatic heterocycles. The van der Waals surface area contributed by atoms with Gasteiger partial charge >= 0.3 is 0 Å². The SMILES string of the molecule is CC(=O)Nc1c(C)c(C)cc(C=O)c1O. The molecule has 1 rings (SSSR count). The van der Waals surface area contributed by atoms with Crippen molar-refractivity contribution in [3.05, 3.63) is 22.8 Å². The van der Waals surface area contributed by atoms with Gasteiger partial charge in [0.25, 0.3) is 0 Å². The van der Waals surface area contributed by atoms with Crippen LogP contribution in [0.5, 0.6) is 5.75 Å². The van der Waals surface area contributed by atoms with Crippen molar-refractivity contribution in [2.45, 2.75) is 20.8 Å². The summed E-state index contributed by atoms with van der Waals surface area (Å²) >= 11 is 0. The van der Waals surface area contributed by atoms with Gasteiger partial charge in [0.05, 0.1) is 11.3 Å². The highest BCUT2D eigenvalue weighted by molar-refractivity contribution is 5.95. The van der Waals surface area contributed by atoms with E-state index in [0.29, 0.717) is 12.0 Å². The number of carbonyl (C=O) groups excluding carboxylic acids is 2. The highest BCUT2D eigenvalue weighted by Gasteiger charge is 2.13. The number of amides is 1. The lowest BCUT2D eigenvalue weighted by Crippen LogP contribution is -2.09. The predicted octanol–water partition coefficient (Wildman–Crippen LogP) is 1.78. The first-order valence-electron chi connectivity index (χ1n) is 4.53. The summed E-state index contributed by atoms with van der Waals surface area (Å²) in [6.07, 6.45) is 0.563. The number of aldehydes is 1. The number of hydrogen-bond acceptors (Lipinski definition) is 3. The van der Waals surface area contributed by atoms with Crippen LogP contribution < -0.4 is 5.32 Å². The van der Waals surface area contributed by atoms with E-state index in [1.54, 1.807) is 13.0 Å². The maximum atomic E-state index is 10.9. The monoisotopic (exact) mass is 207 g/mol. The fourth-order valence-electron chi connectivity index (χ4n) is 1.35. The molecule has 15 heavy (non-hydrogen) atoms. The summed E-state index contributed by atoms with van der Waals surface area (Å²) in [6.45, 7) is 4.93. The van der Waals surface area contributed by atoms with E-state index in [1.165, 1.54) is 6.92 Å². The molecule has 0 bridgehead atoms. The molecule has 0 aliphatic carbocycles. The van der Waals surface area contributed by atoms with Crippen LogP contribution in [0.2, 0.25) is 0 Å². The molecule has 0 unspecified atom stereocenters. The number of aromatic hydroxyl groups is 1. The lowest BCUT2D eigenvalue weighted by atomic mass is 10.0. The van der Waals surface area contributed by atoms with E-state index in [4.69, 9.17) is 0 Å². The van der Waals surface area contributed by atoms with Crippen molar-refractivity contribution >= 4 is 17.9 Å². The minimum absolute atomic E-state index is 0.177. The topological polar surface area (TPSA) is 66.4 Å². The molecular formula is C11H13NO3. The third-order valence-electron chi connectivity index (χ3n) is 2.28. The third-order valence-corrected chi connectivity index (χ3v) is 2.28. The van der Waals surface area contributed by atoms with E-state index in [0.717, 1.165) is 11.1 Å². The number of phenolic OH excluding ortho intramolecular Hbond substituents is 1. The number of anilines is 1. The van der Waals surface area contributed by atoms with Gasteiger partial charge in [0.15, 0.2) is 6.29 Å². The molecule has 0 atom stereocenters. The highest BCUT2D eigenvalue weighted by atomic mass is 16.3. The Morgan fingerprint density at radius 3 is 2.53 bits per heavy atom. The number of rotatable bonds is 2. The standard InChI is InChI=1S/C11H13NO3/c1-6-4-9(5-13)11(15)10(7(6)2)12-8(3)14/h4-5,15H,1-3H3,(H,12,14). The molecular weight excluding hydrogens is 194 g/mol. The Hall–Kier alpha value is -1.84. The smallest absolute Gasteiger partial charge is 0.221 e. The van der Waals surface area contributed by atoms with Gasteiger partial charge in [0, 0.05) is 6.92 Å². The van der Waals surface area contributed by atoms with Crippen LogP contribution in [0.25, 0.3) is 0 Å². The minimum atomic E-state index is -0.282. The number of nitrogens with one attached hydrogen (secondary N) is 1. The van der Waals surface area contributed by atoms with Crippen molar-refractivity contribution in [1.29, 1.82) is 0 Å². The summed E-state index contributed by atoms with van der Waals surface area (Å²) in [5.74, 6) is -0.459. The fraction of sp³-hybridized carbons (Fsp3) is 0.273. The van der Waals surface area contributed by atoms with E-state index in [-0.39, 0.29) is 17.2 Å². The lowest BCUT2D eigenvalue weighted by Gasteiger charge is -2.12. The highest BCUT2D eigenvalue weighted by Crippen LogP contribution is 2.32. The number of aryl methyl sites for hydroxylation is 1. The Balaban J connectivity index is 3.39. The van der Waals surface area contributed by atoms with Gasteiger partial charge in [0.2, 0.25) is 5.91 Å². The summed E-state index contributed by atoms with van der Waals surface area (Å²) in [6, 6.07) is 1.59. The van der Waals surface area contributed by atoms with Gasteiger partial charge in [0.1, 0.15) is 5.75 Å². The van der Waals surface area contributed by atoms with Gasteiger partial charge in [-0.25, -0.2) is 0 Å². The molecule has 0 saturated heterocycles. The fourth-order valence-corrected chi connectivity index (χ4v) is 1.35. The first-order valence-corrected chi connectivity index (χ1v) is 4.53. The molecule has 0 saturated carbocycles. The van der Waals surface area contributed by atoms with E-state index >= 15 is 0 Å². The molecule has 0 heterocycles. The van der Waals surface area contributed by atoms with Crippen molar-refractivity contribution in [3.8, 4) is 5.75 Å².